The van der Waals surface area contributed by atoms with E-state index in [1.165, 1.54) is 30.4 Å². The molecule has 3 rings (SSSR count). The van der Waals surface area contributed by atoms with Gasteiger partial charge in [-0.2, -0.15) is 0 Å². The molecule has 0 radical (unpaired) electrons. The lowest BCUT2D eigenvalue weighted by Crippen LogP contribution is -2.01. The van der Waals surface area contributed by atoms with Crippen molar-refractivity contribution in [3.8, 4) is 11.5 Å². The molecule has 0 saturated carbocycles. The minimum atomic E-state index is 0.138. The Kier molecular flexibility index (Phi) is 4.06. The molecule has 0 amide bonds. The van der Waals surface area contributed by atoms with E-state index in [4.69, 9.17) is 4.74 Å². The molecule has 0 aromatic heterocycles. The molecule has 21 heavy (non-hydrogen) atoms. The van der Waals surface area contributed by atoms with Gasteiger partial charge in [0, 0.05) is 12.2 Å². The van der Waals surface area contributed by atoms with Gasteiger partial charge < -0.3 is 15.2 Å². The van der Waals surface area contributed by atoms with Crippen LogP contribution in [0.5, 0.6) is 11.5 Å². The summed E-state index contributed by atoms with van der Waals surface area (Å²) in [5.74, 6) is 0.619. The molecule has 0 unspecified atom stereocenters. The molecule has 2 aromatic carbocycles. The number of methoxy groups -OCH3 is 1. The van der Waals surface area contributed by atoms with Gasteiger partial charge in [0.05, 0.1) is 11.6 Å². The van der Waals surface area contributed by atoms with Crippen molar-refractivity contribution in [1.29, 1.82) is 0 Å². The average molecular weight is 348 g/mol. The van der Waals surface area contributed by atoms with Crippen molar-refractivity contribution in [1.82, 2.24) is 0 Å². The maximum Gasteiger partial charge on any atom is 0.172 e. The molecule has 0 heterocycles. The van der Waals surface area contributed by atoms with E-state index < -0.39 is 0 Å². The van der Waals surface area contributed by atoms with Gasteiger partial charge in [0.1, 0.15) is 0 Å². The Morgan fingerprint density at radius 1 is 1.19 bits per heavy atom. The molecule has 1 aliphatic carbocycles. The molecule has 0 atom stereocenters. The fraction of sp³-hybridized carbons (Fsp3) is 0.294. The number of phenols is 1. The molecular weight excluding hydrogens is 330 g/mol. The van der Waals surface area contributed by atoms with E-state index in [9.17, 15) is 5.11 Å². The van der Waals surface area contributed by atoms with E-state index in [-0.39, 0.29) is 5.75 Å². The highest BCUT2D eigenvalue weighted by molar-refractivity contribution is 9.10. The SMILES string of the molecule is COc1cc(CNc2ccc3c(c2)CCC3)cc(Br)c1O. The zero-order valence-corrected chi connectivity index (χ0v) is 13.5. The lowest BCUT2D eigenvalue weighted by atomic mass is 10.1. The van der Waals surface area contributed by atoms with Crippen molar-refractivity contribution in [3.05, 3.63) is 51.5 Å². The smallest absolute Gasteiger partial charge is 0.172 e. The highest BCUT2D eigenvalue weighted by atomic mass is 79.9. The van der Waals surface area contributed by atoms with Crippen LogP contribution in [0.4, 0.5) is 5.69 Å². The van der Waals surface area contributed by atoms with Gasteiger partial charge in [0.2, 0.25) is 0 Å². The number of nitrogens with one attached hydrogen (secondary N) is 1. The molecule has 4 heteroatoms. The predicted molar refractivity (Wildman–Crippen MR) is 88.2 cm³/mol. The second-order valence-corrected chi connectivity index (χ2v) is 6.17. The topological polar surface area (TPSA) is 41.5 Å². The van der Waals surface area contributed by atoms with Crippen molar-refractivity contribution in [2.24, 2.45) is 0 Å². The van der Waals surface area contributed by atoms with Crippen LogP contribution < -0.4 is 10.1 Å². The van der Waals surface area contributed by atoms with E-state index in [1.54, 1.807) is 7.11 Å². The van der Waals surface area contributed by atoms with Crippen LogP contribution >= 0.6 is 15.9 Å². The van der Waals surface area contributed by atoms with Gasteiger partial charge in [-0.25, -0.2) is 0 Å². The van der Waals surface area contributed by atoms with Crippen LogP contribution in [0.3, 0.4) is 0 Å². The fourth-order valence-electron chi connectivity index (χ4n) is 2.77. The number of fused-ring (bicyclic) bond motifs is 1. The molecular formula is C17H18BrNO2. The van der Waals surface area contributed by atoms with E-state index >= 15 is 0 Å². The van der Waals surface area contributed by atoms with Gasteiger partial charge in [-0.15, -0.1) is 0 Å². The quantitative estimate of drug-likeness (QED) is 0.867. The first-order valence-corrected chi connectivity index (χ1v) is 7.87. The maximum absolute atomic E-state index is 9.82. The normalized spacial score (nSPS) is 13.0. The number of aromatic hydroxyl groups is 1. The van der Waals surface area contributed by atoms with Gasteiger partial charge >= 0.3 is 0 Å². The zero-order chi connectivity index (χ0) is 14.8. The van der Waals surface area contributed by atoms with Crippen molar-refractivity contribution < 1.29 is 9.84 Å². The fourth-order valence-corrected chi connectivity index (χ4v) is 3.26. The van der Waals surface area contributed by atoms with E-state index in [0.29, 0.717) is 16.8 Å². The third-order valence-electron chi connectivity index (χ3n) is 3.90. The van der Waals surface area contributed by atoms with Crippen LogP contribution in [0.2, 0.25) is 0 Å². The first kappa shape index (κ1) is 14.3. The van der Waals surface area contributed by atoms with Gasteiger partial charge in [-0.1, -0.05) is 6.07 Å². The molecule has 2 N–H and O–H groups in total. The molecule has 0 fully saturated rings. The molecule has 0 saturated heterocycles. The maximum atomic E-state index is 9.82. The molecule has 0 bridgehead atoms. The second-order valence-electron chi connectivity index (χ2n) is 5.32. The number of aryl methyl sites for hydroxylation is 2. The largest absolute Gasteiger partial charge is 0.503 e. The van der Waals surface area contributed by atoms with Crippen LogP contribution in [0.15, 0.2) is 34.8 Å². The second kappa shape index (κ2) is 5.98. The monoisotopic (exact) mass is 347 g/mol. The Bertz CT molecular complexity index is 670. The number of phenolic OH excluding ortho intramolecular Hbond substituents is 1. The van der Waals surface area contributed by atoms with Gasteiger partial charge in [-0.3, -0.25) is 0 Å². The van der Waals surface area contributed by atoms with Crippen molar-refractivity contribution in [3.63, 3.8) is 0 Å². The minimum Gasteiger partial charge on any atom is -0.503 e. The minimum absolute atomic E-state index is 0.138. The van der Waals surface area contributed by atoms with Gasteiger partial charge in [0.25, 0.3) is 0 Å². The van der Waals surface area contributed by atoms with Gasteiger partial charge in [-0.05, 0) is 76.1 Å². The van der Waals surface area contributed by atoms with Crippen LogP contribution in [-0.2, 0) is 19.4 Å². The third-order valence-corrected chi connectivity index (χ3v) is 4.51. The van der Waals surface area contributed by atoms with E-state index in [0.717, 1.165) is 11.3 Å². The Balaban J connectivity index is 1.74. The number of anilines is 1. The average Bonchev–Trinajstić information content (AvgIpc) is 2.95. The first-order valence-electron chi connectivity index (χ1n) is 7.08. The first-order chi connectivity index (χ1) is 10.2. The molecule has 2 aromatic rings. The van der Waals surface area contributed by atoms with Crippen molar-refractivity contribution in [2.45, 2.75) is 25.8 Å². The summed E-state index contributed by atoms with van der Waals surface area (Å²) in [4.78, 5) is 0. The molecule has 0 aliphatic heterocycles. The Labute approximate surface area is 133 Å². The third kappa shape index (κ3) is 3.00. The lowest BCUT2D eigenvalue weighted by Gasteiger charge is -2.11. The highest BCUT2D eigenvalue weighted by Gasteiger charge is 2.11. The predicted octanol–water partition coefficient (Wildman–Crippen LogP) is 4.26. The van der Waals surface area contributed by atoms with Crippen LogP contribution in [0.25, 0.3) is 0 Å². The standard InChI is InChI=1S/C17H18BrNO2/c1-21-16-8-11(7-15(18)17(16)20)10-19-14-6-5-12-3-2-4-13(12)9-14/h5-9,19-20H,2-4,10H2,1H3. The summed E-state index contributed by atoms with van der Waals surface area (Å²) < 4.78 is 5.82. The number of rotatable bonds is 4. The Hall–Kier alpha value is -1.68. The summed E-state index contributed by atoms with van der Waals surface area (Å²) >= 11 is 3.35. The van der Waals surface area contributed by atoms with Crippen LogP contribution in [-0.4, -0.2) is 12.2 Å². The summed E-state index contributed by atoms with van der Waals surface area (Å²) in [7, 11) is 1.55. The zero-order valence-electron chi connectivity index (χ0n) is 11.9. The molecule has 0 spiro atoms. The Morgan fingerprint density at radius 3 is 2.81 bits per heavy atom. The molecule has 1 aliphatic rings. The summed E-state index contributed by atoms with van der Waals surface area (Å²) in [6.07, 6.45) is 3.65. The number of halogens is 1. The summed E-state index contributed by atoms with van der Waals surface area (Å²) in [6.45, 7) is 0.689. The Morgan fingerprint density at radius 2 is 2.00 bits per heavy atom. The number of benzene rings is 2. The van der Waals surface area contributed by atoms with Crippen LogP contribution in [0, 0.1) is 0 Å². The summed E-state index contributed by atoms with van der Waals surface area (Å²) in [6, 6.07) is 10.3. The highest BCUT2D eigenvalue weighted by Crippen LogP contribution is 2.35. The summed E-state index contributed by atoms with van der Waals surface area (Å²) in [5, 5.41) is 13.3. The number of hydrogen-bond donors (Lipinski definition) is 2. The molecule has 3 nitrogen and oxygen atoms in total. The number of ether oxygens (including phenoxy) is 1. The molecule has 110 valence electrons. The summed E-state index contributed by atoms with van der Waals surface area (Å²) in [5.41, 5.74) is 5.13. The van der Waals surface area contributed by atoms with E-state index in [1.807, 2.05) is 12.1 Å². The van der Waals surface area contributed by atoms with Gasteiger partial charge in [0.15, 0.2) is 11.5 Å². The van der Waals surface area contributed by atoms with Crippen LogP contribution in [0.1, 0.15) is 23.1 Å². The number of hydrogen-bond acceptors (Lipinski definition) is 3. The van der Waals surface area contributed by atoms with E-state index in [2.05, 4.69) is 39.4 Å². The van der Waals surface area contributed by atoms with Crippen molar-refractivity contribution in [2.75, 3.05) is 12.4 Å². The lowest BCUT2D eigenvalue weighted by molar-refractivity contribution is 0.371. The van der Waals surface area contributed by atoms with Crippen molar-refractivity contribution >= 4 is 21.6 Å².